The number of H-pyrrole nitrogens is 1. The van der Waals surface area contributed by atoms with Crippen LogP contribution in [0.5, 0.6) is 17.2 Å². The molecule has 1 saturated heterocycles. The second-order valence-corrected chi connectivity index (χ2v) is 8.26. The van der Waals surface area contributed by atoms with Gasteiger partial charge in [-0.05, 0) is 30.3 Å². The topological polar surface area (TPSA) is 70.2 Å². The van der Waals surface area contributed by atoms with Crippen molar-refractivity contribution in [3.63, 3.8) is 0 Å². The molecule has 0 bridgehead atoms. The summed E-state index contributed by atoms with van der Waals surface area (Å²) in [5.74, 6) is 2.46. The molecule has 2 N–H and O–H groups in total. The summed E-state index contributed by atoms with van der Waals surface area (Å²) in [5.41, 5.74) is 1.04. The molecule has 7 nitrogen and oxygen atoms in total. The molecule has 1 aromatic heterocycles. The molecule has 2 aliphatic heterocycles. The van der Waals surface area contributed by atoms with E-state index in [4.69, 9.17) is 14.2 Å². The fourth-order valence-electron chi connectivity index (χ4n) is 4.31. The van der Waals surface area contributed by atoms with E-state index in [2.05, 4.69) is 14.8 Å². The monoisotopic (exact) mass is 423 g/mol. The summed E-state index contributed by atoms with van der Waals surface area (Å²) in [6.45, 7) is 6.11. The number of benzene rings is 2. The van der Waals surface area contributed by atoms with E-state index in [0.29, 0.717) is 13.2 Å². The second kappa shape index (κ2) is 9.18. The molecule has 2 aliphatic rings. The first-order valence-corrected chi connectivity index (χ1v) is 10.9. The maximum atomic E-state index is 10.5. The van der Waals surface area contributed by atoms with E-state index in [0.717, 1.165) is 60.9 Å². The van der Waals surface area contributed by atoms with E-state index in [1.165, 1.54) is 0 Å². The zero-order valence-corrected chi connectivity index (χ0v) is 17.6. The predicted molar refractivity (Wildman–Crippen MR) is 119 cm³/mol. The van der Waals surface area contributed by atoms with Crippen molar-refractivity contribution in [2.45, 2.75) is 12.2 Å². The minimum absolute atomic E-state index is 0.0524. The first-order valence-electron chi connectivity index (χ1n) is 10.9. The maximum absolute atomic E-state index is 10.5. The van der Waals surface area contributed by atoms with Gasteiger partial charge in [0.05, 0.1) is 0 Å². The third-order valence-corrected chi connectivity index (χ3v) is 5.95. The first kappa shape index (κ1) is 20.2. The van der Waals surface area contributed by atoms with Crippen LogP contribution in [0.4, 0.5) is 0 Å². The summed E-state index contributed by atoms with van der Waals surface area (Å²) in [4.78, 5) is 7.89. The Bertz CT molecular complexity index is 999. The molecule has 31 heavy (non-hydrogen) atoms. The number of aliphatic hydroxyl groups is 1. The standard InChI is InChI=1S/C24H29N3O4/c28-18(16-29-22-7-3-4-21-20(22)8-9-25-21)14-26-10-12-27(13-11-26)15-19-17-30-23-5-1-2-6-24(23)31-19/h1-9,18-19,25,28H,10-17H2/t18-,19?/m0/s1. The number of aliphatic hydroxyl groups excluding tert-OH is 1. The average molecular weight is 424 g/mol. The van der Waals surface area contributed by atoms with Gasteiger partial charge in [-0.2, -0.15) is 0 Å². The maximum Gasteiger partial charge on any atom is 0.161 e. The van der Waals surface area contributed by atoms with Gasteiger partial charge in [-0.3, -0.25) is 9.80 Å². The third kappa shape index (κ3) is 4.79. The number of aromatic amines is 1. The lowest BCUT2D eigenvalue weighted by molar-refractivity contribution is 0.0221. The molecule has 0 amide bonds. The highest BCUT2D eigenvalue weighted by Crippen LogP contribution is 2.31. The number of piperazine rings is 1. The van der Waals surface area contributed by atoms with Crippen molar-refractivity contribution in [2.24, 2.45) is 0 Å². The summed E-state index contributed by atoms with van der Waals surface area (Å²) in [6.07, 6.45) is 1.43. The predicted octanol–water partition coefficient (Wildman–Crippen LogP) is 2.37. The van der Waals surface area contributed by atoms with Gasteiger partial charge in [-0.15, -0.1) is 0 Å². The third-order valence-electron chi connectivity index (χ3n) is 5.95. The van der Waals surface area contributed by atoms with Crippen molar-refractivity contribution in [2.75, 3.05) is 52.5 Å². The summed E-state index contributed by atoms with van der Waals surface area (Å²) in [7, 11) is 0. The molecule has 5 rings (SSSR count). The highest BCUT2D eigenvalue weighted by atomic mass is 16.6. The molecule has 3 heterocycles. The van der Waals surface area contributed by atoms with Crippen LogP contribution < -0.4 is 14.2 Å². The van der Waals surface area contributed by atoms with Crippen molar-refractivity contribution < 1.29 is 19.3 Å². The second-order valence-electron chi connectivity index (χ2n) is 8.26. The Kier molecular flexibility index (Phi) is 5.97. The molecular formula is C24H29N3O4. The number of hydrogen-bond acceptors (Lipinski definition) is 6. The Morgan fingerprint density at radius 1 is 1.00 bits per heavy atom. The molecular weight excluding hydrogens is 394 g/mol. The van der Waals surface area contributed by atoms with Crippen LogP contribution in [0.1, 0.15) is 0 Å². The summed E-state index contributed by atoms with van der Waals surface area (Å²) >= 11 is 0. The molecule has 7 heteroatoms. The molecule has 2 atom stereocenters. The highest BCUT2D eigenvalue weighted by molar-refractivity contribution is 5.85. The molecule has 0 saturated carbocycles. The zero-order valence-electron chi connectivity index (χ0n) is 17.6. The van der Waals surface area contributed by atoms with Crippen LogP contribution in [0.15, 0.2) is 54.7 Å². The molecule has 1 fully saturated rings. The Hall–Kier alpha value is -2.74. The average Bonchev–Trinajstić information content (AvgIpc) is 3.28. The molecule has 3 aromatic rings. The quantitative estimate of drug-likeness (QED) is 0.608. The van der Waals surface area contributed by atoms with Crippen LogP contribution in [-0.4, -0.2) is 84.6 Å². The van der Waals surface area contributed by atoms with E-state index in [1.807, 2.05) is 54.7 Å². The Morgan fingerprint density at radius 2 is 1.81 bits per heavy atom. The van der Waals surface area contributed by atoms with Crippen molar-refractivity contribution in [3.8, 4) is 17.2 Å². The number of fused-ring (bicyclic) bond motifs is 2. The van der Waals surface area contributed by atoms with Crippen molar-refractivity contribution in [1.29, 1.82) is 0 Å². The van der Waals surface area contributed by atoms with Crippen molar-refractivity contribution >= 4 is 10.9 Å². The van der Waals surface area contributed by atoms with Gasteiger partial charge in [-0.25, -0.2) is 0 Å². The van der Waals surface area contributed by atoms with Crippen molar-refractivity contribution in [3.05, 3.63) is 54.7 Å². The van der Waals surface area contributed by atoms with Crippen LogP contribution in [0.25, 0.3) is 10.9 Å². The zero-order chi connectivity index (χ0) is 21.0. The molecule has 0 aliphatic carbocycles. The van der Waals surface area contributed by atoms with Gasteiger partial charge >= 0.3 is 0 Å². The van der Waals surface area contributed by atoms with E-state index in [9.17, 15) is 5.11 Å². The van der Waals surface area contributed by atoms with Crippen LogP contribution in [-0.2, 0) is 0 Å². The Balaban J connectivity index is 1.05. The normalized spacial score (nSPS) is 20.6. The van der Waals surface area contributed by atoms with Crippen LogP contribution in [0, 0.1) is 0 Å². The first-order chi connectivity index (χ1) is 15.2. The fourth-order valence-corrected chi connectivity index (χ4v) is 4.31. The SMILES string of the molecule is O[C@H](COc1cccc2[nH]ccc12)CN1CCN(CC2COc3ccccc3O2)CC1. The number of para-hydroxylation sites is 2. The number of rotatable bonds is 7. The van der Waals surface area contributed by atoms with Crippen LogP contribution >= 0.6 is 0 Å². The molecule has 1 unspecified atom stereocenters. The molecule has 164 valence electrons. The van der Waals surface area contributed by atoms with Crippen molar-refractivity contribution in [1.82, 2.24) is 14.8 Å². The Morgan fingerprint density at radius 3 is 2.68 bits per heavy atom. The lowest BCUT2D eigenvalue weighted by Gasteiger charge is -2.37. The molecule has 2 aromatic carbocycles. The molecule has 0 radical (unpaired) electrons. The number of ether oxygens (including phenoxy) is 3. The van der Waals surface area contributed by atoms with E-state index >= 15 is 0 Å². The lowest BCUT2D eigenvalue weighted by atomic mass is 10.2. The summed E-state index contributed by atoms with van der Waals surface area (Å²) < 4.78 is 17.8. The van der Waals surface area contributed by atoms with Crippen LogP contribution in [0.2, 0.25) is 0 Å². The van der Waals surface area contributed by atoms with Gasteiger partial charge in [0.15, 0.2) is 11.5 Å². The van der Waals surface area contributed by atoms with E-state index in [-0.39, 0.29) is 12.7 Å². The van der Waals surface area contributed by atoms with E-state index < -0.39 is 6.10 Å². The van der Waals surface area contributed by atoms with Gasteiger partial charge in [0.1, 0.15) is 31.2 Å². The lowest BCUT2D eigenvalue weighted by Crippen LogP contribution is -2.52. The van der Waals surface area contributed by atoms with E-state index in [1.54, 1.807) is 0 Å². The number of hydrogen-bond donors (Lipinski definition) is 2. The molecule has 0 spiro atoms. The largest absolute Gasteiger partial charge is 0.490 e. The van der Waals surface area contributed by atoms with Gasteiger partial charge in [0.2, 0.25) is 0 Å². The van der Waals surface area contributed by atoms with Gasteiger partial charge in [0.25, 0.3) is 0 Å². The number of nitrogens with one attached hydrogen (secondary N) is 1. The fraction of sp³-hybridized carbons (Fsp3) is 0.417. The summed E-state index contributed by atoms with van der Waals surface area (Å²) in [6, 6.07) is 15.7. The van der Waals surface area contributed by atoms with Gasteiger partial charge in [0, 0.05) is 56.4 Å². The minimum atomic E-state index is -0.521. The smallest absolute Gasteiger partial charge is 0.161 e. The van der Waals surface area contributed by atoms with Crippen LogP contribution in [0.3, 0.4) is 0 Å². The number of β-amino-alcohol motifs (C(OH)–C–C–N with tert-alkyl or cyclic N) is 1. The Labute approximate surface area is 182 Å². The van der Waals surface area contributed by atoms with Gasteiger partial charge in [-0.1, -0.05) is 18.2 Å². The number of nitrogens with zero attached hydrogens (tertiary/aromatic N) is 2. The number of aromatic nitrogens is 1. The summed E-state index contributed by atoms with van der Waals surface area (Å²) in [5, 5.41) is 11.5. The minimum Gasteiger partial charge on any atom is -0.490 e. The highest BCUT2D eigenvalue weighted by Gasteiger charge is 2.26. The van der Waals surface area contributed by atoms with Gasteiger partial charge < -0.3 is 24.3 Å².